The number of benzene rings is 2. The van der Waals surface area contributed by atoms with E-state index in [0.29, 0.717) is 16.4 Å². The Morgan fingerprint density at radius 2 is 1.79 bits per heavy atom. The van der Waals surface area contributed by atoms with E-state index in [9.17, 15) is 4.79 Å². The first-order valence-electron chi connectivity index (χ1n) is 8.65. The largest absolute Gasteiger partial charge is 0.393 e. The summed E-state index contributed by atoms with van der Waals surface area (Å²) in [6.45, 7) is 0. The van der Waals surface area contributed by atoms with Crippen molar-refractivity contribution in [3.63, 3.8) is 0 Å². The van der Waals surface area contributed by atoms with Gasteiger partial charge >= 0.3 is 0 Å². The molecule has 0 radical (unpaired) electrons. The van der Waals surface area contributed by atoms with E-state index < -0.39 is 0 Å². The summed E-state index contributed by atoms with van der Waals surface area (Å²) in [4.78, 5) is 24.9. The van der Waals surface area contributed by atoms with Gasteiger partial charge in [-0.1, -0.05) is 23.7 Å². The van der Waals surface area contributed by atoms with E-state index in [-0.39, 0.29) is 17.4 Å². The summed E-state index contributed by atoms with van der Waals surface area (Å²) >= 11 is 5.92. The van der Waals surface area contributed by atoms with Gasteiger partial charge in [0.2, 0.25) is 0 Å². The Morgan fingerprint density at radius 1 is 0.966 bits per heavy atom. The molecule has 0 aliphatic rings. The Labute approximate surface area is 171 Å². The molecule has 0 atom stereocenters. The summed E-state index contributed by atoms with van der Waals surface area (Å²) in [7, 11) is 0. The lowest BCUT2D eigenvalue weighted by Gasteiger charge is -2.14. The number of amides is 1. The second-order valence-corrected chi connectivity index (χ2v) is 6.51. The van der Waals surface area contributed by atoms with Crippen LogP contribution in [0.1, 0.15) is 10.4 Å². The van der Waals surface area contributed by atoms with Crippen LogP contribution in [-0.2, 0) is 0 Å². The number of aromatic nitrogens is 3. The number of fused-ring (bicyclic) bond motifs is 1. The average Bonchev–Trinajstić information content (AvgIpc) is 2.74. The zero-order chi connectivity index (χ0) is 20.2. The molecule has 1 amide bonds. The van der Waals surface area contributed by atoms with Crippen molar-refractivity contribution < 1.29 is 4.79 Å². The second-order valence-electron chi connectivity index (χ2n) is 6.07. The first-order chi connectivity index (χ1) is 14.1. The molecule has 29 heavy (non-hydrogen) atoms. The van der Waals surface area contributed by atoms with Crippen LogP contribution >= 0.6 is 11.6 Å². The number of hydrogen-bond donors (Lipinski definition) is 4. The van der Waals surface area contributed by atoms with Crippen LogP contribution in [0, 0.1) is 0 Å². The molecule has 2 heterocycles. The van der Waals surface area contributed by atoms with Gasteiger partial charge in [-0.05, 0) is 42.5 Å². The minimum absolute atomic E-state index is 0.250. The molecule has 2 aromatic carbocycles. The Morgan fingerprint density at radius 3 is 2.66 bits per heavy atom. The number of anilines is 4. The van der Waals surface area contributed by atoms with Crippen LogP contribution in [0.2, 0.25) is 5.02 Å². The van der Waals surface area contributed by atoms with Crippen molar-refractivity contribution in [1.29, 1.82) is 0 Å². The Bertz CT molecular complexity index is 1190. The predicted octanol–water partition coefficient (Wildman–Crippen LogP) is 3.76. The standard InChI is InChI=1S/C20H16ClN7O/c21-13-5-1-4-12(10-13)20(29)28-27-19-17(22)18(24-11-25-19)26-16-8-2-7-15-14(16)6-3-9-23-15/h1-11H,22H2,(H,28,29)(H2,24,25,26,27). The van der Waals surface area contributed by atoms with E-state index >= 15 is 0 Å². The molecule has 8 nitrogen and oxygen atoms in total. The van der Waals surface area contributed by atoms with Gasteiger partial charge in [-0.15, -0.1) is 0 Å². The normalized spacial score (nSPS) is 10.5. The first kappa shape index (κ1) is 18.5. The number of nitrogens with one attached hydrogen (secondary N) is 3. The minimum atomic E-state index is -0.375. The van der Waals surface area contributed by atoms with Crippen molar-refractivity contribution in [1.82, 2.24) is 20.4 Å². The van der Waals surface area contributed by atoms with Gasteiger partial charge in [0.25, 0.3) is 5.91 Å². The lowest BCUT2D eigenvalue weighted by atomic mass is 10.2. The van der Waals surface area contributed by atoms with Crippen LogP contribution in [0.4, 0.5) is 23.0 Å². The monoisotopic (exact) mass is 405 g/mol. The molecule has 2 aromatic heterocycles. The van der Waals surface area contributed by atoms with Crippen molar-refractivity contribution in [2.45, 2.75) is 0 Å². The molecule has 4 rings (SSSR count). The summed E-state index contributed by atoms with van der Waals surface area (Å²) < 4.78 is 0. The lowest BCUT2D eigenvalue weighted by Crippen LogP contribution is -2.30. The number of nitrogen functional groups attached to an aromatic ring is 1. The third-order valence-corrected chi connectivity index (χ3v) is 4.40. The van der Waals surface area contributed by atoms with Crippen molar-refractivity contribution >= 4 is 51.4 Å². The van der Waals surface area contributed by atoms with Crippen LogP contribution in [-0.4, -0.2) is 20.9 Å². The highest BCUT2D eigenvalue weighted by atomic mass is 35.5. The topological polar surface area (TPSA) is 118 Å². The van der Waals surface area contributed by atoms with E-state index in [1.54, 1.807) is 30.5 Å². The van der Waals surface area contributed by atoms with Crippen LogP contribution in [0.15, 0.2) is 67.1 Å². The summed E-state index contributed by atoms with van der Waals surface area (Å²) in [5.74, 6) is 0.284. The van der Waals surface area contributed by atoms with Gasteiger partial charge in [0, 0.05) is 27.9 Å². The predicted molar refractivity (Wildman–Crippen MR) is 114 cm³/mol. The number of pyridine rings is 1. The zero-order valence-corrected chi connectivity index (χ0v) is 15.8. The lowest BCUT2D eigenvalue weighted by molar-refractivity contribution is 0.0962. The van der Waals surface area contributed by atoms with Gasteiger partial charge in [0.05, 0.1) is 5.52 Å². The number of hydrazine groups is 1. The fourth-order valence-electron chi connectivity index (χ4n) is 2.75. The van der Waals surface area contributed by atoms with E-state index in [2.05, 4.69) is 31.1 Å². The highest BCUT2D eigenvalue weighted by Gasteiger charge is 2.12. The maximum atomic E-state index is 12.3. The molecule has 0 unspecified atom stereocenters. The first-order valence-corrected chi connectivity index (χ1v) is 9.03. The molecule has 0 bridgehead atoms. The highest BCUT2D eigenvalue weighted by Crippen LogP contribution is 2.29. The van der Waals surface area contributed by atoms with Gasteiger partial charge in [-0.25, -0.2) is 9.97 Å². The molecule has 5 N–H and O–H groups in total. The molecule has 0 spiro atoms. The number of nitrogens with zero attached hydrogens (tertiary/aromatic N) is 3. The van der Waals surface area contributed by atoms with Crippen molar-refractivity contribution in [2.24, 2.45) is 0 Å². The zero-order valence-electron chi connectivity index (χ0n) is 15.1. The second kappa shape index (κ2) is 7.99. The summed E-state index contributed by atoms with van der Waals surface area (Å²) in [5.41, 5.74) is 13.8. The van der Waals surface area contributed by atoms with Crippen LogP contribution < -0.4 is 21.9 Å². The quantitative estimate of drug-likeness (QED) is 0.373. The van der Waals surface area contributed by atoms with Gasteiger partial charge in [-0.3, -0.25) is 20.6 Å². The van der Waals surface area contributed by atoms with Gasteiger partial charge < -0.3 is 11.1 Å². The van der Waals surface area contributed by atoms with E-state index in [0.717, 1.165) is 16.6 Å². The Hall–Kier alpha value is -3.91. The molecule has 9 heteroatoms. The molecule has 0 aliphatic heterocycles. The minimum Gasteiger partial charge on any atom is -0.393 e. The summed E-state index contributed by atoms with van der Waals surface area (Å²) in [6.07, 6.45) is 3.08. The van der Waals surface area contributed by atoms with E-state index in [4.69, 9.17) is 17.3 Å². The van der Waals surface area contributed by atoms with Crippen molar-refractivity contribution in [2.75, 3.05) is 16.5 Å². The number of halogens is 1. The number of hydrogen-bond acceptors (Lipinski definition) is 7. The van der Waals surface area contributed by atoms with Crippen LogP contribution in [0.3, 0.4) is 0 Å². The fourth-order valence-corrected chi connectivity index (χ4v) is 2.94. The fraction of sp³-hybridized carbons (Fsp3) is 0. The third kappa shape index (κ3) is 4.02. The Kier molecular flexibility index (Phi) is 5.08. The molecule has 0 fully saturated rings. The van der Waals surface area contributed by atoms with Crippen LogP contribution in [0.5, 0.6) is 0 Å². The number of carbonyl (C=O) groups excluding carboxylic acids is 1. The Balaban J connectivity index is 1.54. The SMILES string of the molecule is Nc1c(NNC(=O)c2cccc(Cl)c2)ncnc1Nc1cccc2ncccc12. The van der Waals surface area contributed by atoms with Gasteiger partial charge in [-0.2, -0.15) is 0 Å². The molecular formula is C20H16ClN7O. The number of nitrogens with two attached hydrogens (primary N) is 1. The van der Waals surface area contributed by atoms with Crippen LogP contribution in [0.25, 0.3) is 10.9 Å². The molecular weight excluding hydrogens is 390 g/mol. The molecule has 144 valence electrons. The maximum absolute atomic E-state index is 12.3. The number of carbonyl (C=O) groups is 1. The molecule has 0 aliphatic carbocycles. The average molecular weight is 406 g/mol. The smallest absolute Gasteiger partial charge is 0.269 e. The van der Waals surface area contributed by atoms with Crippen molar-refractivity contribution in [3.05, 3.63) is 77.7 Å². The van der Waals surface area contributed by atoms with Gasteiger partial charge in [0.15, 0.2) is 11.6 Å². The van der Waals surface area contributed by atoms with Crippen molar-refractivity contribution in [3.8, 4) is 0 Å². The molecule has 4 aromatic rings. The van der Waals surface area contributed by atoms with E-state index in [1.807, 2.05) is 30.3 Å². The summed E-state index contributed by atoms with van der Waals surface area (Å²) in [5, 5.41) is 4.59. The highest BCUT2D eigenvalue weighted by molar-refractivity contribution is 6.31. The summed E-state index contributed by atoms with van der Waals surface area (Å²) in [6, 6.07) is 16.1. The molecule has 0 saturated heterocycles. The van der Waals surface area contributed by atoms with E-state index in [1.165, 1.54) is 6.33 Å². The van der Waals surface area contributed by atoms with Gasteiger partial charge in [0.1, 0.15) is 12.0 Å². The maximum Gasteiger partial charge on any atom is 0.269 e. The number of rotatable bonds is 5. The third-order valence-electron chi connectivity index (χ3n) is 4.16. The molecule has 0 saturated carbocycles.